The molecule has 0 spiro atoms. The fraction of sp³-hybridized carbons (Fsp3) is 0.929. The summed E-state index contributed by atoms with van der Waals surface area (Å²) in [5.74, 6) is 0.286. The van der Waals surface area contributed by atoms with Crippen molar-refractivity contribution in [3.63, 3.8) is 0 Å². The average molecular weight is 887 g/mol. The van der Waals surface area contributed by atoms with Gasteiger partial charge in [0, 0.05) is 50.5 Å². The Morgan fingerprint density at radius 2 is 0.937 bits per heavy atom. The largest absolute Gasteiger partial charge is 0.465 e. The van der Waals surface area contributed by atoms with Crippen molar-refractivity contribution >= 4 is 11.9 Å². The van der Waals surface area contributed by atoms with Gasteiger partial charge < -0.3 is 14.6 Å². The first-order valence-corrected chi connectivity index (χ1v) is 28.1. The van der Waals surface area contributed by atoms with Gasteiger partial charge in [-0.05, 0) is 95.9 Å². The molecule has 2 fully saturated rings. The van der Waals surface area contributed by atoms with Gasteiger partial charge in [0.05, 0.1) is 19.8 Å². The number of nitrogens with zero attached hydrogens (tertiary/aromatic N) is 2. The summed E-state index contributed by atoms with van der Waals surface area (Å²) in [5, 5.41) is 9.86. The van der Waals surface area contributed by atoms with Crippen LogP contribution in [0.4, 0.5) is 0 Å². The van der Waals surface area contributed by atoms with E-state index >= 15 is 0 Å². The Kier molecular flexibility index (Phi) is 38.4. The Morgan fingerprint density at radius 1 is 0.492 bits per heavy atom. The summed E-state index contributed by atoms with van der Waals surface area (Å²) in [6.07, 6.45) is 50.3. The molecule has 7 nitrogen and oxygen atoms in total. The summed E-state index contributed by atoms with van der Waals surface area (Å²) in [6.45, 7) is 11.7. The van der Waals surface area contributed by atoms with Gasteiger partial charge >= 0.3 is 11.9 Å². The van der Waals surface area contributed by atoms with Crippen molar-refractivity contribution in [2.24, 2.45) is 11.8 Å². The van der Waals surface area contributed by atoms with Crippen LogP contribution in [0.1, 0.15) is 265 Å². The molecule has 2 rings (SSSR count). The van der Waals surface area contributed by atoms with Crippen LogP contribution < -0.4 is 0 Å². The van der Waals surface area contributed by atoms with E-state index in [9.17, 15) is 14.7 Å². The molecular formula is C56H106N2O5. The predicted octanol–water partition coefficient (Wildman–Crippen LogP) is 15.1. The third-order valence-corrected chi connectivity index (χ3v) is 14.5. The summed E-state index contributed by atoms with van der Waals surface area (Å²) in [7, 11) is 0. The maximum absolute atomic E-state index is 13.4. The zero-order valence-corrected chi connectivity index (χ0v) is 42.3. The number of allylic oxidation sites excluding steroid dienone is 2. The van der Waals surface area contributed by atoms with Crippen LogP contribution in [-0.2, 0) is 19.1 Å². The van der Waals surface area contributed by atoms with Gasteiger partial charge in [0.15, 0.2) is 0 Å². The minimum Gasteiger partial charge on any atom is -0.465 e. The SMILES string of the molecule is CCCCCCCC/C=C\CCCCCCCC(=O)OCC(CCCCN(CCN(CCO)C1CCCCC1)C1CCC1)COC(=O)CC(CCCCCC)CCCCCCCC. The molecule has 370 valence electrons. The molecule has 0 heterocycles. The topological polar surface area (TPSA) is 79.3 Å². The number of esters is 2. The van der Waals surface area contributed by atoms with E-state index in [4.69, 9.17) is 9.47 Å². The van der Waals surface area contributed by atoms with Gasteiger partial charge in [0.25, 0.3) is 0 Å². The Labute approximate surface area is 391 Å². The minimum atomic E-state index is -0.100. The molecule has 0 radical (unpaired) electrons. The third kappa shape index (κ3) is 32.0. The van der Waals surface area contributed by atoms with Gasteiger partial charge in [-0.2, -0.15) is 0 Å². The van der Waals surface area contributed by atoms with Crippen LogP contribution in [0.25, 0.3) is 0 Å². The summed E-state index contributed by atoms with van der Waals surface area (Å²) in [4.78, 5) is 31.6. The van der Waals surface area contributed by atoms with Crippen molar-refractivity contribution in [3.8, 4) is 0 Å². The van der Waals surface area contributed by atoms with E-state index in [1.807, 2.05) is 0 Å². The van der Waals surface area contributed by atoms with E-state index in [0.717, 1.165) is 71.1 Å². The van der Waals surface area contributed by atoms with Crippen LogP contribution in [0.2, 0.25) is 0 Å². The van der Waals surface area contributed by atoms with E-state index < -0.39 is 0 Å². The lowest BCUT2D eigenvalue weighted by Gasteiger charge is -2.40. The average Bonchev–Trinajstić information content (AvgIpc) is 3.27. The molecule has 0 bridgehead atoms. The highest BCUT2D eigenvalue weighted by Gasteiger charge is 2.27. The number of hydrogen-bond donors (Lipinski definition) is 1. The summed E-state index contributed by atoms with van der Waals surface area (Å²) in [6, 6.07) is 1.32. The van der Waals surface area contributed by atoms with Crippen molar-refractivity contribution in [3.05, 3.63) is 12.2 Å². The summed E-state index contributed by atoms with van der Waals surface area (Å²) in [5.41, 5.74) is 0. The van der Waals surface area contributed by atoms with E-state index in [1.165, 1.54) is 186 Å². The molecule has 0 aromatic carbocycles. The van der Waals surface area contributed by atoms with Gasteiger partial charge in [-0.3, -0.25) is 19.4 Å². The van der Waals surface area contributed by atoms with Gasteiger partial charge in [-0.15, -0.1) is 0 Å². The van der Waals surface area contributed by atoms with Gasteiger partial charge in [-0.25, -0.2) is 0 Å². The van der Waals surface area contributed by atoms with Crippen molar-refractivity contribution in [2.45, 2.75) is 277 Å². The highest BCUT2D eigenvalue weighted by atomic mass is 16.5. The fourth-order valence-corrected chi connectivity index (χ4v) is 10.1. The zero-order valence-electron chi connectivity index (χ0n) is 42.3. The van der Waals surface area contributed by atoms with Crippen molar-refractivity contribution in [1.29, 1.82) is 0 Å². The lowest BCUT2D eigenvalue weighted by atomic mass is 9.91. The number of carbonyl (C=O) groups excluding carboxylic acids is 2. The Bertz CT molecular complexity index is 1060. The smallest absolute Gasteiger partial charge is 0.306 e. The van der Waals surface area contributed by atoms with Crippen LogP contribution >= 0.6 is 0 Å². The maximum atomic E-state index is 13.4. The molecule has 2 unspecified atom stereocenters. The quantitative estimate of drug-likeness (QED) is 0.0371. The molecule has 0 amide bonds. The number of hydrogen-bond acceptors (Lipinski definition) is 7. The standard InChI is InChI=1S/C56H106N2O5/c1-4-7-10-13-15-16-17-18-19-20-21-22-23-25-31-42-55(60)62-49-52(50-63-56(61)48-51(35-27-12-9-6-3)36-28-24-14-11-8-5-2)37-32-33-43-57(54-40-34-41-54)44-45-58(46-47-59)53-38-29-26-30-39-53/h18-19,51-54,59H,4-17,20-50H2,1-3H3/b19-18-. The summed E-state index contributed by atoms with van der Waals surface area (Å²) < 4.78 is 12.0. The van der Waals surface area contributed by atoms with Crippen LogP contribution in [0, 0.1) is 11.8 Å². The fourth-order valence-electron chi connectivity index (χ4n) is 10.1. The van der Waals surface area contributed by atoms with E-state index in [-0.39, 0.29) is 24.5 Å². The molecule has 0 aromatic heterocycles. The second-order valence-corrected chi connectivity index (χ2v) is 20.2. The number of ether oxygens (including phenoxy) is 2. The highest BCUT2D eigenvalue weighted by molar-refractivity contribution is 5.70. The lowest BCUT2D eigenvalue weighted by Crippen LogP contribution is -2.47. The minimum absolute atomic E-state index is 0.0390. The molecule has 63 heavy (non-hydrogen) atoms. The van der Waals surface area contributed by atoms with Gasteiger partial charge in [0.2, 0.25) is 0 Å². The molecule has 0 aromatic rings. The molecule has 0 saturated heterocycles. The van der Waals surface area contributed by atoms with E-state index in [0.29, 0.717) is 44.1 Å². The Hall–Kier alpha value is -1.44. The third-order valence-electron chi connectivity index (χ3n) is 14.5. The van der Waals surface area contributed by atoms with Crippen LogP contribution in [0.5, 0.6) is 0 Å². The summed E-state index contributed by atoms with van der Waals surface area (Å²) >= 11 is 0. The van der Waals surface area contributed by atoms with Crippen molar-refractivity contribution < 1.29 is 24.2 Å². The predicted molar refractivity (Wildman–Crippen MR) is 268 cm³/mol. The van der Waals surface area contributed by atoms with Crippen molar-refractivity contribution in [1.82, 2.24) is 9.80 Å². The molecule has 2 aliphatic carbocycles. The first-order valence-electron chi connectivity index (χ1n) is 28.1. The molecule has 2 atom stereocenters. The van der Waals surface area contributed by atoms with Gasteiger partial charge in [0.1, 0.15) is 0 Å². The molecule has 0 aliphatic heterocycles. The van der Waals surface area contributed by atoms with Crippen LogP contribution in [0.15, 0.2) is 12.2 Å². The van der Waals surface area contributed by atoms with E-state index in [1.54, 1.807) is 0 Å². The Morgan fingerprint density at radius 3 is 1.48 bits per heavy atom. The van der Waals surface area contributed by atoms with E-state index in [2.05, 4.69) is 42.7 Å². The Balaban J connectivity index is 1.84. The second-order valence-electron chi connectivity index (χ2n) is 20.2. The first kappa shape index (κ1) is 57.7. The molecule has 7 heteroatoms. The molecular weight excluding hydrogens is 781 g/mol. The molecule has 2 aliphatic rings. The number of rotatable bonds is 45. The molecule has 1 N–H and O–H groups in total. The monoisotopic (exact) mass is 887 g/mol. The zero-order chi connectivity index (χ0) is 45.3. The number of aliphatic hydroxyl groups excluding tert-OH is 1. The van der Waals surface area contributed by atoms with Crippen LogP contribution in [0.3, 0.4) is 0 Å². The van der Waals surface area contributed by atoms with Crippen molar-refractivity contribution in [2.75, 3.05) is 46.0 Å². The van der Waals surface area contributed by atoms with Crippen LogP contribution in [-0.4, -0.2) is 84.9 Å². The maximum Gasteiger partial charge on any atom is 0.306 e. The number of aliphatic hydroxyl groups is 1. The molecule has 2 saturated carbocycles. The normalized spacial score (nSPS) is 16.0. The number of carbonyl (C=O) groups is 2. The number of unbranched alkanes of at least 4 members (excludes halogenated alkanes) is 20. The second kappa shape index (κ2) is 42.0. The highest BCUT2D eigenvalue weighted by Crippen LogP contribution is 2.27. The lowest BCUT2D eigenvalue weighted by molar-refractivity contribution is -0.150. The van der Waals surface area contributed by atoms with Gasteiger partial charge in [-0.1, -0.05) is 181 Å². The first-order chi connectivity index (χ1) is 31.0.